The minimum Gasteiger partial charge on any atom is -0.465 e. The number of nitrogens with zero attached hydrogens (tertiary/aromatic N) is 2. The van der Waals surface area contributed by atoms with Crippen LogP contribution in [-0.2, 0) is 38.7 Å². The van der Waals surface area contributed by atoms with Gasteiger partial charge in [-0.2, -0.15) is 0 Å². The van der Waals surface area contributed by atoms with Crippen LogP contribution in [0.25, 0.3) is 0 Å². The number of nitrogens with one attached hydrogen (secondary N) is 3. The number of sulfone groups is 1. The lowest BCUT2D eigenvalue weighted by Gasteiger charge is -2.07. The average molecular weight is 619 g/mol. The number of nitrogens with two attached hydrogens (primary N) is 1. The third kappa shape index (κ3) is 12.6. The molecular formula is C26H30N6O8S2. The summed E-state index contributed by atoms with van der Waals surface area (Å²) in [5.41, 5.74) is 7.40. The van der Waals surface area contributed by atoms with Gasteiger partial charge in [0.25, 0.3) is 0 Å². The fraction of sp³-hybridized carbons (Fsp3) is 0.231. The van der Waals surface area contributed by atoms with Gasteiger partial charge < -0.3 is 26.6 Å². The smallest absolute Gasteiger partial charge is 0.409 e. The van der Waals surface area contributed by atoms with E-state index < -0.39 is 22.0 Å². The van der Waals surface area contributed by atoms with Crippen molar-refractivity contribution in [2.24, 2.45) is 10.7 Å². The largest absolute Gasteiger partial charge is 0.465 e. The number of carbonyl (C=O) groups is 4. The van der Waals surface area contributed by atoms with Gasteiger partial charge in [-0.05, 0) is 48.2 Å². The number of primary amides is 1. The highest BCUT2D eigenvalue weighted by Crippen LogP contribution is 2.27. The average Bonchev–Trinajstić information content (AvgIpc) is 3.25. The summed E-state index contributed by atoms with van der Waals surface area (Å²) in [7, 11) is -3.28. The zero-order valence-electron chi connectivity index (χ0n) is 22.7. The van der Waals surface area contributed by atoms with Crippen molar-refractivity contribution in [3.05, 3.63) is 70.2 Å². The maximum Gasteiger partial charge on any atom is 0.409 e. The summed E-state index contributed by atoms with van der Waals surface area (Å²) in [5.74, 6) is -0.598. The first-order valence-corrected chi connectivity index (χ1v) is 14.8. The van der Waals surface area contributed by atoms with Gasteiger partial charge in [-0.3, -0.25) is 19.9 Å². The van der Waals surface area contributed by atoms with Gasteiger partial charge in [-0.15, -0.1) is 11.3 Å². The molecule has 0 aliphatic carbocycles. The molecule has 0 aliphatic heterocycles. The van der Waals surface area contributed by atoms with Crippen molar-refractivity contribution in [3.63, 3.8) is 0 Å². The second-order valence-electron chi connectivity index (χ2n) is 8.67. The molecule has 0 unspecified atom stereocenters. The molecule has 0 radical (unpaired) electrons. The van der Waals surface area contributed by atoms with Crippen LogP contribution in [0.4, 0.5) is 20.4 Å². The minimum absolute atomic E-state index is 0.212. The molecule has 224 valence electrons. The Morgan fingerprint density at radius 3 is 2.12 bits per heavy atom. The second kappa shape index (κ2) is 15.8. The number of benzene rings is 2. The van der Waals surface area contributed by atoms with Crippen molar-refractivity contribution in [2.45, 2.75) is 31.1 Å². The van der Waals surface area contributed by atoms with Gasteiger partial charge >= 0.3 is 12.2 Å². The standard InChI is InChI=1S/C25H27N5O6S2.CH3NO2/c1-16(31)28-24-30-21(22(37-24)13-18-5-10-20(11-6-18)38(2,35)36)12-7-17-3-8-19(9-4-17)29-23(32)14-26-15-27-25(33)34;2-1(3)4/h3-6,8-11,15H,7,12-14H2,1-2H3,(H,26,27)(H,29,32)(H,33,34)(H,28,30,31);2H2,(H,3,4). The van der Waals surface area contributed by atoms with Crippen molar-refractivity contribution in [1.82, 2.24) is 10.3 Å². The number of amides is 4. The molecule has 0 saturated carbocycles. The SMILES string of the molecule is CC(=O)Nc1nc(CCc2ccc(NC(=O)CN=CNC(=O)O)cc2)c(Cc2ccc(S(C)(=O)=O)cc2)s1.NC(=O)O. The Hall–Kier alpha value is -4.83. The van der Waals surface area contributed by atoms with E-state index in [1.54, 1.807) is 36.4 Å². The molecule has 7 N–H and O–H groups in total. The summed E-state index contributed by atoms with van der Waals surface area (Å²) >= 11 is 1.39. The van der Waals surface area contributed by atoms with Crippen molar-refractivity contribution >= 4 is 62.3 Å². The molecule has 0 bridgehead atoms. The maximum absolute atomic E-state index is 11.9. The lowest BCUT2D eigenvalue weighted by Crippen LogP contribution is -2.20. The highest BCUT2D eigenvalue weighted by Gasteiger charge is 2.14. The van der Waals surface area contributed by atoms with Gasteiger partial charge in [0.15, 0.2) is 15.0 Å². The number of rotatable bonds is 11. The lowest BCUT2D eigenvalue weighted by atomic mass is 10.0. The fourth-order valence-corrected chi connectivity index (χ4v) is 5.13. The van der Waals surface area contributed by atoms with Gasteiger partial charge in [0.2, 0.25) is 11.8 Å². The van der Waals surface area contributed by atoms with E-state index in [4.69, 9.17) is 15.0 Å². The van der Waals surface area contributed by atoms with Crippen molar-refractivity contribution < 1.29 is 37.8 Å². The summed E-state index contributed by atoms with van der Waals surface area (Å²) in [6, 6.07) is 14.0. The number of hydrogen-bond acceptors (Lipinski definition) is 9. The third-order valence-electron chi connectivity index (χ3n) is 5.18. The van der Waals surface area contributed by atoms with Crippen LogP contribution < -0.4 is 21.7 Å². The Bertz CT molecular complexity index is 1530. The van der Waals surface area contributed by atoms with Crippen molar-refractivity contribution in [3.8, 4) is 0 Å². The van der Waals surface area contributed by atoms with Crippen LogP contribution in [0.1, 0.15) is 28.6 Å². The molecular weight excluding hydrogens is 588 g/mol. The quantitative estimate of drug-likeness (QED) is 0.137. The molecule has 0 saturated heterocycles. The molecule has 16 heteroatoms. The predicted octanol–water partition coefficient (Wildman–Crippen LogP) is 2.74. The van der Waals surface area contributed by atoms with Crippen LogP contribution in [0.3, 0.4) is 0 Å². The molecule has 3 rings (SSSR count). The Balaban J connectivity index is 0.00000144. The zero-order valence-corrected chi connectivity index (χ0v) is 24.3. The molecule has 4 amide bonds. The second-order valence-corrected chi connectivity index (χ2v) is 11.8. The number of aryl methyl sites for hydroxylation is 2. The highest BCUT2D eigenvalue weighted by atomic mass is 32.2. The number of aliphatic imine (C=N–C) groups is 1. The first-order valence-electron chi connectivity index (χ1n) is 12.1. The van der Waals surface area contributed by atoms with Gasteiger partial charge in [-0.1, -0.05) is 24.3 Å². The van der Waals surface area contributed by atoms with E-state index in [1.165, 1.54) is 24.5 Å². The highest BCUT2D eigenvalue weighted by molar-refractivity contribution is 7.90. The summed E-state index contributed by atoms with van der Waals surface area (Å²) in [6.07, 6.45) is 1.35. The van der Waals surface area contributed by atoms with Gasteiger partial charge in [-0.25, -0.2) is 23.0 Å². The Morgan fingerprint density at radius 1 is 0.976 bits per heavy atom. The maximum atomic E-state index is 11.9. The van der Waals surface area contributed by atoms with Crippen LogP contribution in [0.2, 0.25) is 0 Å². The van der Waals surface area contributed by atoms with Crippen LogP contribution in [-0.4, -0.2) is 66.8 Å². The number of carbonyl (C=O) groups excluding carboxylic acids is 2. The van der Waals surface area contributed by atoms with E-state index in [0.29, 0.717) is 30.1 Å². The number of carboxylic acid groups (broad SMARTS) is 2. The van der Waals surface area contributed by atoms with Crippen LogP contribution >= 0.6 is 11.3 Å². The van der Waals surface area contributed by atoms with E-state index in [0.717, 1.165) is 28.0 Å². The summed E-state index contributed by atoms with van der Waals surface area (Å²) in [6.45, 7) is 1.20. The third-order valence-corrected chi connectivity index (χ3v) is 7.32. The first-order chi connectivity index (χ1) is 19.7. The number of aromatic nitrogens is 1. The molecule has 3 aromatic rings. The molecule has 14 nitrogen and oxygen atoms in total. The van der Waals surface area contributed by atoms with Gasteiger partial charge in [0, 0.05) is 30.2 Å². The topological polar surface area (TPSA) is 230 Å². The summed E-state index contributed by atoms with van der Waals surface area (Å²) in [5, 5.41) is 23.5. The Kier molecular flexibility index (Phi) is 12.6. The molecule has 0 atom stereocenters. The number of hydrogen-bond donors (Lipinski definition) is 6. The van der Waals surface area contributed by atoms with Gasteiger partial charge in [0.1, 0.15) is 6.54 Å². The number of anilines is 2. The summed E-state index contributed by atoms with van der Waals surface area (Å²) in [4.78, 5) is 52.1. The molecule has 0 fully saturated rings. The van der Waals surface area contributed by atoms with Crippen molar-refractivity contribution in [1.29, 1.82) is 0 Å². The van der Waals surface area contributed by atoms with E-state index in [9.17, 15) is 22.8 Å². The van der Waals surface area contributed by atoms with Crippen molar-refractivity contribution in [2.75, 3.05) is 23.4 Å². The van der Waals surface area contributed by atoms with E-state index in [2.05, 4.69) is 26.3 Å². The number of thiazole rings is 1. The minimum atomic E-state index is -3.28. The fourth-order valence-electron chi connectivity index (χ4n) is 3.41. The monoisotopic (exact) mass is 618 g/mol. The Labute approximate surface area is 245 Å². The first kappa shape index (κ1) is 33.4. The molecule has 2 aromatic carbocycles. The van der Waals surface area contributed by atoms with Crippen LogP contribution in [0.5, 0.6) is 0 Å². The lowest BCUT2D eigenvalue weighted by molar-refractivity contribution is -0.115. The van der Waals surface area contributed by atoms with Crippen LogP contribution in [0.15, 0.2) is 58.4 Å². The predicted molar refractivity (Wildman–Crippen MR) is 158 cm³/mol. The molecule has 0 aliphatic rings. The van der Waals surface area contributed by atoms with Gasteiger partial charge in [0.05, 0.1) is 16.9 Å². The Morgan fingerprint density at radius 2 is 1.57 bits per heavy atom. The molecule has 0 spiro atoms. The molecule has 42 heavy (non-hydrogen) atoms. The summed E-state index contributed by atoms with van der Waals surface area (Å²) < 4.78 is 23.5. The zero-order chi connectivity index (χ0) is 31.3. The normalized spacial score (nSPS) is 10.8. The van der Waals surface area contributed by atoms with E-state index in [-0.39, 0.29) is 23.3 Å². The molecule has 1 aromatic heterocycles. The van der Waals surface area contributed by atoms with Crippen LogP contribution in [0, 0.1) is 0 Å². The van der Waals surface area contributed by atoms with E-state index >= 15 is 0 Å². The van der Waals surface area contributed by atoms with E-state index in [1.807, 2.05) is 17.4 Å². The molecule has 1 heterocycles.